The van der Waals surface area contributed by atoms with Crippen LogP contribution in [0.25, 0.3) is 0 Å². The molecule has 2 aromatic rings. The normalized spacial score (nSPS) is 10.1. The van der Waals surface area contributed by atoms with Gasteiger partial charge in [0.25, 0.3) is 0 Å². The molecule has 0 aliphatic heterocycles. The van der Waals surface area contributed by atoms with E-state index in [-0.39, 0.29) is 0 Å². The van der Waals surface area contributed by atoms with E-state index in [0.29, 0.717) is 18.3 Å². The van der Waals surface area contributed by atoms with Crippen molar-refractivity contribution in [3.8, 4) is 5.88 Å². The van der Waals surface area contributed by atoms with Crippen LogP contribution in [0.4, 0.5) is 5.82 Å². The number of aryl methyl sites for hydroxylation is 1. The predicted octanol–water partition coefficient (Wildman–Crippen LogP) is 1.47. The number of ether oxygens (including phenoxy) is 1. The van der Waals surface area contributed by atoms with Crippen LogP contribution < -0.4 is 10.5 Å². The maximum absolute atomic E-state index is 5.49. The largest absolute Gasteiger partial charge is 0.477 e. The van der Waals surface area contributed by atoms with Crippen molar-refractivity contribution >= 4 is 5.82 Å². The van der Waals surface area contributed by atoms with E-state index < -0.39 is 0 Å². The molecule has 88 valence electrons. The molecule has 0 unspecified atom stereocenters. The van der Waals surface area contributed by atoms with Crippen LogP contribution in [-0.4, -0.2) is 21.6 Å². The van der Waals surface area contributed by atoms with Crippen molar-refractivity contribution in [1.29, 1.82) is 0 Å². The van der Waals surface area contributed by atoms with Crippen molar-refractivity contribution in [1.82, 2.24) is 15.0 Å². The van der Waals surface area contributed by atoms with E-state index in [9.17, 15) is 0 Å². The molecule has 2 heterocycles. The van der Waals surface area contributed by atoms with Gasteiger partial charge in [0.1, 0.15) is 5.82 Å². The molecule has 0 bridgehead atoms. The van der Waals surface area contributed by atoms with Crippen LogP contribution >= 0.6 is 0 Å². The molecule has 0 aliphatic carbocycles. The lowest BCUT2D eigenvalue weighted by Gasteiger charge is -2.05. The molecule has 2 aromatic heterocycles. The number of aromatic nitrogens is 3. The van der Waals surface area contributed by atoms with Gasteiger partial charge in [-0.2, -0.15) is 4.98 Å². The maximum Gasteiger partial charge on any atom is 0.234 e. The van der Waals surface area contributed by atoms with Crippen LogP contribution in [0.2, 0.25) is 0 Å². The van der Waals surface area contributed by atoms with Crippen LogP contribution in [0.15, 0.2) is 36.9 Å². The summed E-state index contributed by atoms with van der Waals surface area (Å²) in [5.41, 5.74) is 6.75. The number of rotatable bonds is 5. The average molecular weight is 230 g/mol. The Morgan fingerprint density at radius 2 is 1.94 bits per heavy atom. The van der Waals surface area contributed by atoms with E-state index >= 15 is 0 Å². The molecule has 5 nitrogen and oxygen atoms in total. The third kappa shape index (κ3) is 3.71. The van der Waals surface area contributed by atoms with Gasteiger partial charge in [-0.05, 0) is 30.5 Å². The van der Waals surface area contributed by atoms with Crippen molar-refractivity contribution in [2.24, 2.45) is 0 Å². The van der Waals surface area contributed by atoms with Gasteiger partial charge in [-0.15, -0.1) is 0 Å². The molecule has 2 N–H and O–H groups in total. The van der Waals surface area contributed by atoms with Gasteiger partial charge in [-0.25, -0.2) is 0 Å². The zero-order chi connectivity index (χ0) is 11.9. The number of pyridine rings is 1. The fourth-order valence-corrected chi connectivity index (χ4v) is 1.43. The summed E-state index contributed by atoms with van der Waals surface area (Å²) in [4.78, 5) is 11.9. The molecule has 0 aliphatic rings. The van der Waals surface area contributed by atoms with E-state index in [1.165, 1.54) is 11.8 Å². The van der Waals surface area contributed by atoms with Gasteiger partial charge in [0.05, 0.1) is 19.0 Å². The van der Waals surface area contributed by atoms with Crippen LogP contribution in [0.1, 0.15) is 12.0 Å². The van der Waals surface area contributed by atoms with E-state index in [2.05, 4.69) is 15.0 Å². The van der Waals surface area contributed by atoms with Gasteiger partial charge in [0.15, 0.2) is 0 Å². The summed E-state index contributed by atoms with van der Waals surface area (Å²) in [6.07, 6.45) is 8.50. The second kappa shape index (κ2) is 5.79. The predicted molar refractivity (Wildman–Crippen MR) is 64.5 cm³/mol. The zero-order valence-corrected chi connectivity index (χ0v) is 9.41. The molecule has 0 saturated carbocycles. The van der Waals surface area contributed by atoms with E-state index in [0.717, 1.165) is 12.8 Å². The molecular weight excluding hydrogens is 216 g/mol. The highest BCUT2D eigenvalue weighted by molar-refractivity contribution is 5.25. The number of nitrogens with zero attached hydrogens (tertiary/aromatic N) is 3. The van der Waals surface area contributed by atoms with Crippen LogP contribution in [0.3, 0.4) is 0 Å². The number of nitrogen functional groups attached to an aromatic ring is 1. The highest BCUT2D eigenvalue weighted by Crippen LogP contribution is 2.07. The Morgan fingerprint density at radius 1 is 1.12 bits per heavy atom. The summed E-state index contributed by atoms with van der Waals surface area (Å²) >= 11 is 0. The third-order valence-corrected chi connectivity index (χ3v) is 2.24. The Labute approximate surface area is 99.7 Å². The number of anilines is 1. The highest BCUT2D eigenvalue weighted by atomic mass is 16.5. The molecule has 0 atom stereocenters. The maximum atomic E-state index is 5.49. The first kappa shape index (κ1) is 11.3. The SMILES string of the molecule is Nc1cncc(OCCCc2ccncc2)n1. The van der Waals surface area contributed by atoms with Gasteiger partial charge >= 0.3 is 0 Å². The van der Waals surface area contributed by atoms with Crippen LogP contribution in [0, 0.1) is 0 Å². The molecule has 0 amide bonds. The van der Waals surface area contributed by atoms with Crippen LogP contribution in [0.5, 0.6) is 5.88 Å². The molecule has 0 radical (unpaired) electrons. The summed E-state index contributed by atoms with van der Waals surface area (Å²) in [6.45, 7) is 0.598. The fraction of sp³-hybridized carbons (Fsp3) is 0.250. The zero-order valence-electron chi connectivity index (χ0n) is 9.41. The van der Waals surface area contributed by atoms with Crippen LogP contribution in [-0.2, 0) is 6.42 Å². The topological polar surface area (TPSA) is 73.9 Å². The Balaban J connectivity index is 1.73. The highest BCUT2D eigenvalue weighted by Gasteiger charge is 1.97. The van der Waals surface area contributed by atoms with Crippen molar-refractivity contribution < 1.29 is 4.74 Å². The molecule has 17 heavy (non-hydrogen) atoms. The van der Waals surface area contributed by atoms with Gasteiger partial charge in [-0.3, -0.25) is 9.97 Å². The first-order valence-corrected chi connectivity index (χ1v) is 5.44. The first-order chi connectivity index (χ1) is 8.34. The lowest BCUT2D eigenvalue weighted by atomic mass is 10.1. The first-order valence-electron chi connectivity index (χ1n) is 5.44. The fourth-order valence-electron chi connectivity index (χ4n) is 1.43. The van der Waals surface area contributed by atoms with Gasteiger partial charge in [0, 0.05) is 12.4 Å². The molecule has 2 rings (SSSR count). The summed E-state index contributed by atoms with van der Waals surface area (Å²) in [7, 11) is 0. The molecule has 0 spiro atoms. The molecule has 5 heteroatoms. The number of hydrogen-bond donors (Lipinski definition) is 1. The second-order valence-corrected chi connectivity index (χ2v) is 3.59. The summed E-state index contributed by atoms with van der Waals surface area (Å²) in [5, 5.41) is 0. The van der Waals surface area contributed by atoms with Gasteiger partial charge < -0.3 is 10.5 Å². The quantitative estimate of drug-likeness (QED) is 0.787. The summed E-state index contributed by atoms with van der Waals surface area (Å²) in [6, 6.07) is 4.00. The second-order valence-electron chi connectivity index (χ2n) is 3.59. The minimum Gasteiger partial charge on any atom is -0.477 e. The van der Waals surface area contributed by atoms with E-state index in [4.69, 9.17) is 10.5 Å². The Morgan fingerprint density at radius 3 is 2.71 bits per heavy atom. The Kier molecular flexibility index (Phi) is 3.85. The van der Waals surface area contributed by atoms with Crippen molar-refractivity contribution in [3.05, 3.63) is 42.5 Å². The minimum absolute atomic E-state index is 0.372. The third-order valence-electron chi connectivity index (χ3n) is 2.24. The van der Waals surface area contributed by atoms with Gasteiger partial charge in [0.2, 0.25) is 5.88 Å². The number of hydrogen-bond acceptors (Lipinski definition) is 5. The smallest absolute Gasteiger partial charge is 0.234 e. The standard InChI is InChI=1S/C12H14N4O/c13-11-8-15-9-12(16-11)17-7-1-2-10-3-5-14-6-4-10/h3-6,8-9H,1-2,7H2,(H2,13,16). The molecule has 0 saturated heterocycles. The average Bonchev–Trinajstić information content (AvgIpc) is 2.36. The lowest BCUT2D eigenvalue weighted by molar-refractivity contribution is 0.298. The van der Waals surface area contributed by atoms with E-state index in [1.54, 1.807) is 18.6 Å². The summed E-state index contributed by atoms with van der Waals surface area (Å²) < 4.78 is 5.44. The van der Waals surface area contributed by atoms with Crippen molar-refractivity contribution in [2.45, 2.75) is 12.8 Å². The Hall–Kier alpha value is -2.17. The van der Waals surface area contributed by atoms with Crippen molar-refractivity contribution in [2.75, 3.05) is 12.3 Å². The summed E-state index contributed by atoms with van der Waals surface area (Å²) in [5.74, 6) is 0.844. The minimum atomic E-state index is 0.372. The lowest BCUT2D eigenvalue weighted by Crippen LogP contribution is -2.02. The Bertz CT molecular complexity index is 461. The van der Waals surface area contributed by atoms with E-state index in [1.807, 2.05) is 12.1 Å². The number of nitrogens with two attached hydrogens (primary N) is 1. The monoisotopic (exact) mass is 230 g/mol. The molecule has 0 aromatic carbocycles. The van der Waals surface area contributed by atoms with Crippen molar-refractivity contribution in [3.63, 3.8) is 0 Å². The molecular formula is C12H14N4O. The van der Waals surface area contributed by atoms with Gasteiger partial charge in [-0.1, -0.05) is 0 Å². The molecule has 0 fully saturated rings.